The molecule has 1 aliphatic heterocycles. The normalized spacial score (nSPS) is 14.8. The second-order valence-electron chi connectivity index (χ2n) is 6.48. The third-order valence-corrected chi connectivity index (χ3v) is 4.87. The molecule has 1 aromatic carbocycles. The van der Waals surface area contributed by atoms with Crippen LogP contribution < -0.4 is 10.5 Å². The van der Waals surface area contributed by atoms with Gasteiger partial charge in [0.25, 0.3) is 11.5 Å². The van der Waals surface area contributed by atoms with Gasteiger partial charge in [0.1, 0.15) is 5.69 Å². The van der Waals surface area contributed by atoms with Crippen LogP contribution in [0.4, 0.5) is 5.69 Å². The summed E-state index contributed by atoms with van der Waals surface area (Å²) in [7, 11) is 3.47. The first kappa shape index (κ1) is 16.3. The van der Waals surface area contributed by atoms with Crippen LogP contribution in [0.3, 0.4) is 0 Å². The maximum absolute atomic E-state index is 12.6. The molecule has 1 amide bonds. The van der Waals surface area contributed by atoms with Gasteiger partial charge in [-0.05, 0) is 24.3 Å². The maximum atomic E-state index is 12.6. The van der Waals surface area contributed by atoms with Crippen molar-refractivity contribution in [3.63, 3.8) is 0 Å². The molecule has 0 radical (unpaired) electrons. The number of carbonyl (C=O) groups is 1. The van der Waals surface area contributed by atoms with Crippen molar-refractivity contribution in [1.29, 1.82) is 0 Å². The van der Waals surface area contributed by atoms with Gasteiger partial charge in [-0.25, -0.2) is 4.98 Å². The Morgan fingerprint density at radius 2 is 1.85 bits per heavy atom. The molecule has 8 heteroatoms. The lowest BCUT2D eigenvalue weighted by Crippen LogP contribution is -2.49. The van der Waals surface area contributed by atoms with E-state index in [-0.39, 0.29) is 11.5 Å². The Labute approximate surface area is 150 Å². The number of rotatable bonds is 2. The van der Waals surface area contributed by atoms with Gasteiger partial charge < -0.3 is 14.4 Å². The van der Waals surface area contributed by atoms with E-state index in [0.29, 0.717) is 29.7 Å². The molecular formula is C18H20N6O2. The highest BCUT2D eigenvalue weighted by Gasteiger charge is 2.24. The number of hydrogen-bond acceptors (Lipinski definition) is 5. The fraction of sp³-hybridized carbons (Fsp3) is 0.333. The van der Waals surface area contributed by atoms with Crippen LogP contribution in [0, 0.1) is 0 Å². The summed E-state index contributed by atoms with van der Waals surface area (Å²) in [6, 6.07) is 7.46. The van der Waals surface area contributed by atoms with Gasteiger partial charge >= 0.3 is 0 Å². The summed E-state index contributed by atoms with van der Waals surface area (Å²) in [5, 5.41) is 4.68. The molecule has 1 saturated heterocycles. The zero-order chi connectivity index (χ0) is 18.3. The summed E-state index contributed by atoms with van der Waals surface area (Å²) in [5.74, 6) is 0.00771. The van der Waals surface area contributed by atoms with Gasteiger partial charge in [0, 0.05) is 52.2 Å². The van der Waals surface area contributed by atoms with Gasteiger partial charge in [0.15, 0.2) is 0 Å². The Bertz CT molecular complexity index is 1030. The predicted molar refractivity (Wildman–Crippen MR) is 98.3 cm³/mol. The van der Waals surface area contributed by atoms with Gasteiger partial charge in [0.2, 0.25) is 0 Å². The fourth-order valence-electron chi connectivity index (χ4n) is 3.31. The first-order valence-corrected chi connectivity index (χ1v) is 8.52. The largest absolute Gasteiger partial charge is 0.368 e. The van der Waals surface area contributed by atoms with Gasteiger partial charge in [-0.1, -0.05) is 0 Å². The number of amides is 1. The number of nitrogens with zero attached hydrogens (tertiary/aromatic N) is 6. The Kier molecular flexibility index (Phi) is 3.95. The number of anilines is 1. The molecule has 8 nitrogen and oxygen atoms in total. The SMILES string of the molecule is Cn1nccc1C(=O)N1CCN(c2ccc3c(=O)n(C)cnc3c2)CC1. The lowest BCUT2D eigenvalue weighted by molar-refractivity contribution is 0.0735. The van der Waals surface area contributed by atoms with Crippen molar-refractivity contribution < 1.29 is 4.79 Å². The molecule has 134 valence electrons. The van der Waals surface area contributed by atoms with Crippen LogP contribution in [-0.4, -0.2) is 56.3 Å². The molecule has 2 aromatic heterocycles. The molecular weight excluding hydrogens is 332 g/mol. The number of benzene rings is 1. The van der Waals surface area contributed by atoms with E-state index in [1.807, 2.05) is 23.1 Å². The highest BCUT2D eigenvalue weighted by Crippen LogP contribution is 2.21. The van der Waals surface area contributed by atoms with E-state index in [1.165, 1.54) is 4.57 Å². The van der Waals surface area contributed by atoms with Gasteiger partial charge in [-0.2, -0.15) is 5.10 Å². The third-order valence-electron chi connectivity index (χ3n) is 4.87. The van der Waals surface area contributed by atoms with Crippen molar-refractivity contribution in [2.24, 2.45) is 14.1 Å². The first-order valence-electron chi connectivity index (χ1n) is 8.52. The van der Waals surface area contributed by atoms with Crippen LogP contribution in [-0.2, 0) is 14.1 Å². The molecule has 26 heavy (non-hydrogen) atoms. The predicted octanol–water partition coefficient (Wildman–Crippen LogP) is 0.629. The van der Waals surface area contributed by atoms with Crippen LogP contribution in [0.1, 0.15) is 10.5 Å². The van der Waals surface area contributed by atoms with Crippen molar-refractivity contribution in [1.82, 2.24) is 24.2 Å². The summed E-state index contributed by atoms with van der Waals surface area (Å²) >= 11 is 0. The first-order chi connectivity index (χ1) is 12.5. The number of aryl methyl sites for hydroxylation is 2. The molecule has 1 fully saturated rings. The van der Waals surface area contributed by atoms with Gasteiger partial charge in [0.05, 0.1) is 17.2 Å². The van der Waals surface area contributed by atoms with Gasteiger partial charge in [-0.15, -0.1) is 0 Å². The van der Waals surface area contributed by atoms with E-state index in [9.17, 15) is 9.59 Å². The van der Waals surface area contributed by atoms with E-state index in [4.69, 9.17) is 0 Å². The zero-order valence-electron chi connectivity index (χ0n) is 14.8. The smallest absolute Gasteiger partial charge is 0.272 e. The molecule has 3 aromatic rings. The molecule has 1 aliphatic rings. The van der Waals surface area contributed by atoms with Crippen LogP contribution in [0.15, 0.2) is 41.6 Å². The highest BCUT2D eigenvalue weighted by atomic mass is 16.2. The lowest BCUT2D eigenvalue weighted by atomic mass is 10.2. The van der Waals surface area contributed by atoms with E-state index in [2.05, 4.69) is 15.0 Å². The zero-order valence-corrected chi connectivity index (χ0v) is 14.8. The Morgan fingerprint density at radius 1 is 1.08 bits per heavy atom. The average molecular weight is 352 g/mol. The summed E-state index contributed by atoms with van der Waals surface area (Å²) in [6.45, 7) is 2.76. The van der Waals surface area contributed by atoms with Crippen LogP contribution in [0.25, 0.3) is 10.9 Å². The molecule has 4 rings (SSSR count). The Morgan fingerprint density at radius 3 is 2.54 bits per heavy atom. The molecule has 0 atom stereocenters. The number of aromatic nitrogens is 4. The third kappa shape index (κ3) is 2.73. The molecule has 0 aliphatic carbocycles. The van der Waals surface area contributed by atoms with Crippen molar-refractivity contribution in [2.45, 2.75) is 0 Å². The number of fused-ring (bicyclic) bond motifs is 1. The van der Waals surface area contributed by atoms with Gasteiger partial charge in [-0.3, -0.25) is 14.3 Å². The van der Waals surface area contributed by atoms with Crippen LogP contribution in [0.2, 0.25) is 0 Å². The second kappa shape index (κ2) is 6.29. The summed E-state index contributed by atoms with van der Waals surface area (Å²) in [5.41, 5.74) is 2.27. The summed E-state index contributed by atoms with van der Waals surface area (Å²) in [6.07, 6.45) is 3.18. The highest BCUT2D eigenvalue weighted by molar-refractivity contribution is 5.92. The molecule has 0 N–H and O–H groups in total. The van der Waals surface area contributed by atoms with E-state index in [1.54, 1.807) is 37.4 Å². The number of hydrogen-bond donors (Lipinski definition) is 0. The molecule has 0 saturated carbocycles. The standard InChI is InChI=1S/C18H20N6O2/c1-21-12-19-15-11-13(3-4-14(15)17(21)25)23-7-9-24(10-8-23)18(26)16-5-6-20-22(16)2/h3-6,11-12H,7-10H2,1-2H3. The molecule has 3 heterocycles. The van der Waals surface area contributed by atoms with E-state index >= 15 is 0 Å². The van der Waals surface area contributed by atoms with Crippen molar-refractivity contribution in [2.75, 3.05) is 31.1 Å². The quantitative estimate of drug-likeness (QED) is 0.676. The minimum absolute atomic E-state index is 0.00771. The molecule has 0 spiro atoms. The van der Waals surface area contributed by atoms with Crippen molar-refractivity contribution in [3.8, 4) is 0 Å². The average Bonchev–Trinajstić information content (AvgIpc) is 3.10. The Balaban J connectivity index is 1.50. The van der Waals surface area contributed by atoms with Crippen LogP contribution >= 0.6 is 0 Å². The summed E-state index contributed by atoms with van der Waals surface area (Å²) < 4.78 is 3.08. The molecule has 0 unspecified atom stereocenters. The number of piperazine rings is 1. The monoisotopic (exact) mass is 352 g/mol. The molecule has 0 bridgehead atoms. The second-order valence-corrected chi connectivity index (χ2v) is 6.48. The van der Waals surface area contributed by atoms with E-state index in [0.717, 1.165) is 18.8 Å². The fourth-order valence-corrected chi connectivity index (χ4v) is 3.31. The van der Waals surface area contributed by atoms with Crippen LogP contribution in [0.5, 0.6) is 0 Å². The topological polar surface area (TPSA) is 76.3 Å². The Hall–Kier alpha value is -3.16. The minimum Gasteiger partial charge on any atom is -0.368 e. The van der Waals surface area contributed by atoms with Crippen molar-refractivity contribution in [3.05, 3.63) is 52.8 Å². The maximum Gasteiger partial charge on any atom is 0.272 e. The summed E-state index contributed by atoms with van der Waals surface area (Å²) in [4.78, 5) is 33.1. The lowest BCUT2D eigenvalue weighted by Gasteiger charge is -2.36. The minimum atomic E-state index is -0.0480. The van der Waals surface area contributed by atoms with Crippen molar-refractivity contribution >= 4 is 22.5 Å². The van der Waals surface area contributed by atoms with E-state index < -0.39 is 0 Å². The number of carbonyl (C=O) groups excluding carboxylic acids is 1.